The van der Waals surface area contributed by atoms with Crippen molar-refractivity contribution in [3.8, 4) is 0 Å². The molecule has 0 bridgehead atoms. The summed E-state index contributed by atoms with van der Waals surface area (Å²) in [6, 6.07) is 2.22. The SMILES string of the molecule is CO[Si](CCCSCCC[B-](n1ccc(C(F)(F)F)n1)(n1ccc(C(F)(F)F)n1)n1ccc(C(F)(F)F)n1)(OC)OC. The summed E-state index contributed by atoms with van der Waals surface area (Å²) < 4.78 is 139. The molecule has 3 heterocycles. The van der Waals surface area contributed by atoms with Gasteiger partial charge in [-0.3, -0.25) is 0 Å². The van der Waals surface area contributed by atoms with E-state index in [9.17, 15) is 39.5 Å². The Hall–Kier alpha value is -2.49. The van der Waals surface area contributed by atoms with Crippen LogP contribution in [0.5, 0.6) is 0 Å². The first-order valence-electron chi connectivity index (χ1n) is 12.3. The zero-order valence-electron chi connectivity index (χ0n) is 22.5. The molecule has 0 radical (unpaired) electrons. The van der Waals surface area contributed by atoms with Crippen molar-refractivity contribution in [2.45, 2.75) is 43.7 Å². The Balaban J connectivity index is 1.98. The van der Waals surface area contributed by atoms with Crippen LogP contribution in [0.15, 0.2) is 36.8 Å². The number of nitrogens with zero attached hydrogens (tertiary/aromatic N) is 6. The van der Waals surface area contributed by atoms with Crippen molar-refractivity contribution in [3.05, 3.63) is 53.9 Å². The molecule has 3 rings (SSSR count). The first kappa shape index (κ1) is 34.0. The molecule has 0 N–H and O–H groups in total. The summed E-state index contributed by atoms with van der Waals surface area (Å²) >= 11 is 1.42. The van der Waals surface area contributed by atoms with E-state index in [0.29, 0.717) is 55.9 Å². The maximum Gasteiger partial charge on any atom is 0.500 e. The largest absolute Gasteiger partial charge is 0.500 e. The fourth-order valence-electron chi connectivity index (χ4n) is 4.43. The monoisotopic (exact) mass is 653 g/mol. The molecule has 9 nitrogen and oxygen atoms in total. The number of aromatic nitrogens is 6. The molecule has 0 amide bonds. The third-order valence-corrected chi connectivity index (χ3v) is 10.5. The van der Waals surface area contributed by atoms with Gasteiger partial charge in [0, 0.05) is 27.4 Å². The Kier molecular flexibility index (Phi) is 10.5. The highest BCUT2D eigenvalue weighted by Crippen LogP contribution is 2.33. The Morgan fingerprint density at radius 1 is 0.667 bits per heavy atom. The summed E-state index contributed by atoms with van der Waals surface area (Å²) in [5.41, 5.74) is -4.18. The van der Waals surface area contributed by atoms with Gasteiger partial charge in [-0.2, -0.15) is 51.3 Å². The van der Waals surface area contributed by atoms with E-state index in [4.69, 9.17) is 13.3 Å². The quantitative estimate of drug-likeness (QED) is 0.127. The number of alkyl halides is 9. The second kappa shape index (κ2) is 13.0. The molecule has 0 aromatic carbocycles. The molecule has 0 fully saturated rings. The number of rotatable bonds is 14. The van der Waals surface area contributed by atoms with Gasteiger partial charge in [-0.15, -0.1) is 6.32 Å². The van der Waals surface area contributed by atoms with Gasteiger partial charge in [0.05, 0.1) is 0 Å². The fraction of sp³-hybridized carbons (Fsp3) is 0.571. The third-order valence-electron chi connectivity index (χ3n) is 6.55. The number of hydrogen-bond acceptors (Lipinski definition) is 7. The Morgan fingerprint density at radius 2 is 1.02 bits per heavy atom. The van der Waals surface area contributed by atoms with Crippen LogP contribution in [-0.4, -0.2) is 77.3 Å². The van der Waals surface area contributed by atoms with Gasteiger partial charge in [0.15, 0.2) is 17.1 Å². The third kappa shape index (κ3) is 7.53. The van der Waals surface area contributed by atoms with E-state index < -0.39 is 51.0 Å². The van der Waals surface area contributed by atoms with E-state index in [0.717, 1.165) is 18.6 Å². The first-order chi connectivity index (χ1) is 19.5. The van der Waals surface area contributed by atoms with E-state index in [2.05, 4.69) is 15.3 Å². The summed E-state index contributed by atoms with van der Waals surface area (Å²) in [6.07, 6.45) is -11.8. The van der Waals surface area contributed by atoms with Crippen LogP contribution in [0.25, 0.3) is 0 Å². The van der Waals surface area contributed by atoms with Crippen LogP contribution in [-0.2, 0) is 31.8 Å². The van der Waals surface area contributed by atoms with Crippen molar-refractivity contribution < 1.29 is 52.8 Å². The van der Waals surface area contributed by atoms with Crippen molar-refractivity contribution in [2.75, 3.05) is 32.8 Å². The Bertz CT molecular complexity index is 1160. The molecular formula is C21H27BF9N6O3SSi-. The van der Waals surface area contributed by atoms with Gasteiger partial charge in [0.25, 0.3) is 0 Å². The predicted molar refractivity (Wildman–Crippen MR) is 137 cm³/mol. The van der Waals surface area contributed by atoms with Gasteiger partial charge < -0.3 is 27.1 Å². The Morgan fingerprint density at radius 3 is 1.33 bits per heavy atom. The summed E-state index contributed by atoms with van der Waals surface area (Å²) in [5, 5.41) is 10.6. The van der Waals surface area contributed by atoms with Crippen LogP contribution >= 0.6 is 11.8 Å². The molecule has 3 aromatic heterocycles. The van der Waals surface area contributed by atoms with Gasteiger partial charge in [-0.05, 0) is 54.7 Å². The second-order valence-corrected chi connectivity index (χ2v) is 13.4. The molecule has 21 heteroatoms. The minimum absolute atomic E-state index is 0.135. The zero-order chi connectivity index (χ0) is 31.4. The molecule has 236 valence electrons. The number of hydrogen-bond donors (Lipinski definition) is 0. The lowest BCUT2D eigenvalue weighted by Gasteiger charge is -2.42. The standard InChI is InChI=1S/C21H27BF9N6O3SSi/c1-38-42(39-2,40-3)15-5-14-41-13-4-9-22(35-10-6-16(32-35)19(23,24)25,36-11-7-17(33-36)20(26,27)28)37-12-8-18(34-37)21(29,30)31/h6-8,10-12H,4-5,9,13-15H2,1-3H3/q-1. The normalized spacial score (nSPS) is 13.7. The molecule has 0 saturated carbocycles. The summed E-state index contributed by atoms with van der Waals surface area (Å²) in [5.74, 6) is 0.921. The topological polar surface area (TPSA) is 81.2 Å². The van der Waals surface area contributed by atoms with Crippen LogP contribution in [0.1, 0.15) is 29.9 Å². The van der Waals surface area contributed by atoms with Gasteiger partial charge >= 0.3 is 33.9 Å². The maximum absolute atomic E-state index is 13.5. The molecule has 42 heavy (non-hydrogen) atoms. The van der Waals surface area contributed by atoms with Crippen LogP contribution in [0.3, 0.4) is 0 Å². The van der Waals surface area contributed by atoms with Gasteiger partial charge in [-0.1, -0.05) is 6.42 Å². The summed E-state index contributed by atoms with van der Waals surface area (Å²) in [7, 11) is 1.59. The van der Waals surface area contributed by atoms with Gasteiger partial charge in [0.1, 0.15) is 0 Å². The van der Waals surface area contributed by atoms with Crippen molar-refractivity contribution in [1.82, 2.24) is 29.1 Å². The predicted octanol–water partition coefficient (Wildman–Crippen LogP) is 5.61. The first-order valence-corrected chi connectivity index (χ1v) is 15.4. The molecular weight excluding hydrogens is 626 g/mol. The lowest BCUT2D eigenvalue weighted by atomic mass is 9.55. The lowest BCUT2D eigenvalue weighted by molar-refractivity contribution is -0.142. The fourth-order valence-corrected chi connectivity index (χ4v) is 7.33. The average molecular weight is 653 g/mol. The molecule has 3 aromatic rings. The maximum atomic E-state index is 13.5. The van der Waals surface area contributed by atoms with Crippen molar-refractivity contribution in [3.63, 3.8) is 0 Å². The van der Waals surface area contributed by atoms with Crippen LogP contribution < -0.4 is 0 Å². The van der Waals surface area contributed by atoms with E-state index in [1.807, 2.05) is 0 Å². The van der Waals surface area contributed by atoms with E-state index in [1.54, 1.807) is 0 Å². The van der Waals surface area contributed by atoms with Crippen LogP contribution in [0, 0.1) is 0 Å². The molecule has 0 atom stereocenters. The van der Waals surface area contributed by atoms with Gasteiger partial charge in [-0.25, -0.2) is 15.3 Å². The smallest absolute Gasteiger partial charge is 0.399 e. The van der Waals surface area contributed by atoms with E-state index in [1.165, 1.54) is 33.1 Å². The Labute approximate surface area is 239 Å². The molecule has 0 aliphatic rings. The van der Waals surface area contributed by atoms with E-state index in [-0.39, 0.29) is 12.7 Å². The zero-order valence-corrected chi connectivity index (χ0v) is 24.3. The van der Waals surface area contributed by atoms with Crippen molar-refractivity contribution in [2.24, 2.45) is 0 Å². The summed E-state index contributed by atoms with van der Waals surface area (Å²) in [4.78, 5) is 0. The molecule has 0 aliphatic heterocycles. The van der Waals surface area contributed by atoms with Crippen LogP contribution in [0.2, 0.25) is 12.4 Å². The van der Waals surface area contributed by atoms with E-state index >= 15 is 0 Å². The molecule has 0 unspecified atom stereocenters. The van der Waals surface area contributed by atoms with Crippen molar-refractivity contribution in [1.29, 1.82) is 0 Å². The highest BCUT2D eigenvalue weighted by Gasteiger charge is 2.43. The highest BCUT2D eigenvalue weighted by molar-refractivity contribution is 7.99. The minimum Gasteiger partial charge on any atom is -0.399 e. The number of halogens is 9. The molecule has 0 saturated heterocycles. The molecule has 0 spiro atoms. The molecule has 0 aliphatic carbocycles. The number of thioether (sulfide) groups is 1. The summed E-state index contributed by atoms with van der Waals surface area (Å²) in [6.45, 7) is -3.22. The second-order valence-electron chi connectivity index (χ2n) is 9.08. The average Bonchev–Trinajstić information content (AvgIpc) is 3.69. The van der Waals surface area contributed by atoms with Gasteiger partial charge in [0.2, 0.25) is 0 Å². The minimum atomic E-state index is -4.93. The lowest BCUT2D eigenvalue weighted by Crippen LogP contribution is -2.59. The van der Waals surface area contributed by atoms with Crippen molar-refractivity contribution >= 4 is 27.1 Å². The van der Waals surface area contributed by atoms with Crippen LogP contribution in [0.4, 0.5) is 39.5 Å². The highest BCUT2D eigenvalue weighted by atomic mass is 32.2.